The maximum atomic E-state index is 12.9. The standard InChI is InChI=1S/C24H14Cl2N2O3/c1-30-20-8-4-5-13-11-17(24(29)31-22(13)20)23-27-19-10-9-14(25)12-16(19)21(28-23)15-6-2-3-7-18(15)26/h2-12H,1H3. The van der Waals surface area contributed by atoms with Gasteiger partial charge >= 0.3 is 5.63 Å². The molecule has 5 aromatic rings. The zero-order chi connectivity index (χ0) is 21.5. The van der Waals surface area contributed by atoms with E-state index in [0.29, 0.717) is 43.5 Å². The molecule has 0 aliphatic rings. The van der Waals surface area contributed by atoms with Gasteiger partial charge in [-0.2, -0.15) is 0 Å². The van der Waals surface area contributed by atoms with E-state index in [9.17, 15) is 4.79 Å². The van der Waals surface area contributed by atoms with Crippen molar-refractivity contribution in [1.82, 2.24) is 9.97 Å². The molecule has 5 nitrogen and oxygen atoms in total. The molecular formula is C24H14Cl2N2O3. The molecule has 31 heavy (non-hydrogen) atoms. The van der Waals surface area contributed by atoms with Gasteiger partial charge in [0.1, 0.15) is 5.56 Å². The third-order valence-electron chi connectivity index (χ3n) is 4.97. The summed E-state index contributed by atoms with van der Waals surface area (Å²) in [5.41, 5.74) is 1.98. The first-order valence-electron chi connectivity index (χ1n) is 9.38. The fourth-order valence-corrected chi connectivity index (χ4v) is 3.91. The molecule has 0 fully saturated rings. The van der Waals surface area contributed by atoms with Crippen LogP contribution in [-0.2, 0) is 0 Å². The molecule has 0 amide bonds. The van der Waals surface area contributed by atoms with Crippen molar-refractivity contribution in [2.45, 2.75) is 0 Å². The number of methoxy groups -OCH3 is 1. The Morgan fingerprint density at radius 1 is 0.903 bits per heavy atom. The molecule has 0 saturated heterocycles. The van der Waals surface area contributed by atoms with E-state index >= 15 is 0 Å². The Bertz CT molecular complexity index is 1530. The quantitative estimate of drug-likeness (QED) is 0.299. The number of halogens is 2. The molecule has 0 aliphatic carbocycles. The highest BCUT2D eigenvalue weighted by atomic mass is 35.5. The lowest BCUT2D eigenvalue weighted by Gasteiger charge is -2.11. The summed E-state index contributed by atoms with van der Waals surface area (Å²) >= 11 is 12.7. The van der Waals surface area contributed by atoms with Gasteiger partial charge < -0.3 is 9.15 Å². The Kier molecular flexibility index (Phi) is 4.85. The minimum Gasteiger partial charge on any atom is -0.493 e. The summed E-state index contributed by atoms with van der Waals surface area (Å²) in [6.45, 7) is 0. The number of nitrogens with zero attached hydrogens (tertiary/aromatic N) is 2. The van der Waals surface area contributed by atoms with E-state index in [0.717, 1.165) is 5.39 Å². The van der Waals surface area contributed by atoms with E-state index in [-0.39, 0.29) is 11.4 Å². The van der Waals surface area contributed by atoms with Crippen LogP contribution in [0.15, 0.2) is 75.9 Å². The fraction of sp³-hybridized carbons (Fsp3) is 0.0417. The first-order chi connectivity index (χ1) is 15.0. The van der Waals surface area contributed by atoms with Crippen LogP contribution in [-0.4, -0.2) is 17.1 Å². The van der Waals surface area contributed by atoms with Crippen molar-refractivity contribution in [2.24, 2.45) is 0 Å². The van der Waals surface area contributed by atoms with Crippen molar-refractivity contribution in [3.63, 3.8) is 0 Å². The van der Waals surface area contributed by atoms with Crippen LogP contribution >= 0.6 is 23.2 Å². The van der Waals surface area contributed by atoms with Gasteiger partial charge in [0.05, 0.1) is 18.3 Å². The van der Waals surface area contributed by atoms with Crippen LogP contribution in [0.5, 0.6) is 5.75 Å². The van der Waals surface area contributed by atoms with Crippen LogP contribution in [0, 0.1) is 0 Å². The lowest BCUT2D eigenvalue weighted by Crippen LogP contribution is -2.07. The average Bonchev–Trinajstić information content (AvgIpc) is 2.78. The zero-order valence-electron chi connectivity index (χ0n) is 16.2. The predicted octanol–water partition coefficient (Wildman–Crippen LogP) is 6.39. The van der Waals surface area contributed by atoms with E-state index in [4.69, 9.17) is 37.3 Å². The average molecular weight is 449 g/mol. The molecule has 0 saturated carbocycles. The van der Waals surface area contributed by atoms with Gasteiger partial charge in [0.2, 0.25) is 0 Å². The van der Waals surface area contributed by atoms with Crippen LogP contribution in [0.3, 0.4) is 0 Å². The summed E-state index contributed by atoms with van der Waals surface area (Å²) in [6, 6.07) is 19.8. The number of hydrogen-bond acceptors (Lipinski definition) is 5. The second-order valence-corrected chi connectivity index (χ2v) is 7.71. The number of aromatic nitrogens is 2. The summed E-state index contributed by atoms with van der Waals surface area (Å²) in [5, 5.41) is 2.52. The van der Waals surface area contributed by atoms with Crippen molar-refractivity contribution < 1.29 is 9.15 Å². The molecule has 5 rings (SSSR count). The van der Waals surface area contributed by atoms with Gasteiger partial charge in [-0.15, -0.1) is 0 Å². The lowest BCUT2D eigenvalue weighted by atomic mass is 10.1. The smallest absolute Gasteiger partial charge is 0.347 e. The van der Waals surface area contributed by atoms with Gasteiger partial charge in [-0.3, -0.25) is 0 Å². The SMILES string of the molecule is COc1cccc2cc(-c3nc(-c4ccccc4Cl)c4cc(Cl)ccc4n3)c(=O)oc12. The normalized spacial score (nSPS) is 11.2. The summed E-state index contributed by atoms with van der Waals surface area (Å²) in [7, 11) is 1.52. The number of para-hydroxylation sites is 1. The second-order valence-electron chi connectivity index (χ2n) is 6.86. The second kappa shape index (κ2) is 7.69. The Labute approximate surface area is 186 Å². The van der Waals surface area contributed by atoms with E-state index in [1.807, 2.05) is 30.3 Å². The predicted molar refractivity (Wildman–Crippen MR) is 123 cm³/mol. The van der Waals surface area contributed by atoms with Crippen molar-refractivity contribution in [1.29, 1.82) is 0 Å². The van der Waals surface area contributed by atoms with Crippen LogP contribution in [0.4, 0.5) is 0 Å². The highest BCUT2D eigenvalue weighted by Crippen LogP contribution is 2.34. The van der Waals surface area contributed by atoms with Crippen LogP contribution in [0.1, 0.15) is 0 Å². The van der Waals surface area contributed by atoms with Gasteiger partial charge in [0, 0.05) is 26.4 Å². The molecule has 2 aromatic heterocycles. The van der Waals surface area contributed by atoms with Crippen molar-refractivity contribution >= 4 is 45.1 Å². The van der Waals surface area contributed by atoms with E-state index in [1.54, 1.807) is 36.4 Å². The van der Waals surface area contributed by atoms with E-state index in [1.165, 1.54) is 7.11 Å². The van der Waals surface area contributed by atoms with Crippen LogP contribution in [0.25, 0.3) is 44.5 Å². The van der Waals surface area contributed by atoms with Crippen molar-refractivity contribution in [3.05, 3.63) is 87.2 Å². The van der Waals surface area contributed by atoms with Gasteiger partial charge in [-0.05, 0) is 36.4 Å². The van der Waals surface area contributed by atoms with E-state index < -0.39 is 5.63 Å². The lowest BCUT2D eigenvalue weighted by molar-refractivity contribution is 0.407. The molecule has 0 unspecified atom stereocenters. The molecule has 0 atom stereocenters. The van der Waals surface area contributed by atoms with Gasteiger partial charge in [0.15, 0.2) is 17.2 Å². The topological polar surface area (TPSA) is 65.2 Å². The Morgan fingerprint density at radius 2 is 1.74 bits per heavy atom. The minimum absolute atomic E-state index is 0.239. The first kappa shape index (κ1) is 19.5. The highest BCUT2D eigenvalue weighted by Gasteiger charge is 2.18. The molecule has 0 N–H and O–H groups in total. The molecule has 7 heteroatoms. The Morgan fingerprint density at radius 3 is 2.55 bits per heavy atom. The summed E-state index contributed by atoms with van der Waals surface area (Å²) in [6.07, 6.45) is 0. The monoisotopic (exact) mass is 448 g/mol. The third kappa shape index (κ3) is 3.42. The number of fused-ring (bicyclic) bond motifs is 2. The summed E-state index contributed by atoms with van der Waals surface area (Å²) in [4.78, 5) is 22.2. The molecular weight excluding hydrogens is 435 g/mol. The Hall–Kier alpha value is -3.41. The summed E-state index contributed by atoms with van der Waals surface area (Å²) in [5.74, 6) is 0.718. The number of benzene rings is 3. The van der Waals surface area contributed by atoms with Crippen LogP contribution in [0.2, 0.25) is 10.0 Å². The van der Waals surface area contributed by atoms with Gasteiger partial charge in [0.25, 0.3) is 0 Å². The fourth-order valence-electron chi connectivity index (χ4n) is 3.51. The van der Waals surface area contributed by atoms with Crippen molar-refractivity contribution in [3.8, 4) is 28.4 Å². The maximum Gasteiger partial charge on any atom is 0.347 e. The first-order valence-corrected chi connectivity index (χ1v) is 10.1. The van der Waals surface area contributed by atoms with Gasteiger partial charge in [-0.25, -0.2) is 14.8 Å². The molecule has 0 radical (unpaired) electrons. The Balaban J connectivity index is 1.83. The minimum atomic E-state index is -0.560. The zero-order valence-corrected chi connectivity index (χ0v) is 17.7. The molecule has 0 aliphatic heterocycles. The largest absolute Gasteiger partial charge is 0.493 e. The molecule has 0 spiro atoms. The highest BCUT2D eigenvalue weighted by molar-refractivity contribution is 6.34. The van der Waals surface area contributed by atoms with Gasteiger partial charge in [-0.1, -0.05) is 53.5 Å². The molecule has 0 bridgehead atoms. The number of rotatable bonds is 3. The number of hydrogen-bond donors (Lipinski definition) is 0. The molecule has 3 aromatic carbocycles. The maximum absolute atomic E-state index is 12.9. The summed E-state index contributed by atoms with van der Waals surface area (Å²) < 4.78 is 10.9. The van der Waals surface area contributed by atoms with E-state index in [2.05, 4.69) is 4.98 Å². The number of ether oxygens (including phenoxy) is 1. The molecule has 2 heterocycles. The third-order valence-corrected chi connectivity index (χ3v) is 5.54. The van der Waals surface area contributed by atoms with Crippen LogP contribution < -0.4 is 10.4 Å². The van der Waals surface area contributed by atoms with Crippen molar-refractivity contribution in [2.75, 3.05) is 7.11 Å². The molecule has 152 valence electrons.